The highest BCUT2D eigenvalue weighted by Crippen LogP contribution is 2.37. The molecule has 0 aliphatic heterocycles. The molecular formula is C8H12O. The van der Waals surface area contributed by atoms with Crippen LogP contribution < -0.4 is 0 Å². The molecular weight excluding hydrogens is 112 g/mol. The number of allylic oxidation sites excluding steroid dienone is 1. The van der Waals surface area contributed by atoms with E-state index in [0.29, 0.717) is 11.8 Å². The number of hydrogen-bond donors (Lipinski definition) is 1. The van der Waals surface area contributed by atoms with Gasteiger partial charge < -0.3 is 5.11 Å². The lowest BCUT2D eigenvalue weighted by atomic mass is 9.92. The summed E-state index contributed by atoms with van der Waals surface area (Å²) >= 11 is 0. The van der Waals surface area contributed by atoms with E-state index in [1.807, 2.05) is 0 Å². The molecule has 0 spiro atoms. The lowest BCUT2D eigenvalue weighted by Gasteiger charge is -2.19. The van der Waals surface area contributed by atoms with Gasteiger partial charge in [-0.05, 0) is 25.2 Å². The van der Waals surface area contributed by atoms with Crippen LogP contribution >= 0.6 is 0 Å². The molecule has 2 aliphatic carbocycles. The molecule has 1 nitrogen and oxygen atoms in total. The van der Waals surface area contributed by atoms with Crippen LogP contribution in [0, 0.1) is 11.8 Å². The molecule has 1 heteroatoms. The van der Waals surface area contributed by atoms with Gasteiger partial charge in [0.15, 0.2) is 0 Å². The normalized spacial score (nSPS) is 47.9. The van der Waals surface area contributed by atoms with Gasteiger partial charge >= 0.3 is 0 Å². The van der Waals surface area contributed by atoms with E-state index in [9.17, 15) is 5.11 Å². The molecule has 9 heavy (non-hydrogen) atoms. The molecule has 0 aromatic carbocycles. The molecule has 1 N–H and O–H groups in total. The zero-order valence-corrected chi connectivity index (χ0v) is 5.46. The van der Waals surface area contributed by atoms with Gasteiger partial charge in [-0.3, -0.25) is 0 Å². The molecule has 3 unspecified atom stereocenters. The number of fused-ring (bicyclic) bond motifs is 2. The third-order valence-corrected chi connectivity index (χ3v) is 2.61. The summed E-state index contributed by atoms with van der Waals surface area (Å²) in [6, 6.07) is 0. The Hall–Kier alpha value is -0.300. The van der Waals surface area contributed by atoms with E-state index in [-0.39, 0.29) is 6.10 Å². The molecule has 0 aromatic heterocycles. The lowest BCUT2D eigenvalue weighted by molar-refractivity contribution is 0.103. The molecule has 0 saturated heterocycles. The topological polar surface area (TPSA) is 20.2 Å². The predicted octanol–water partition coefficient (Wildman–Crippen LogP) is 1.33. The summed E-state index contributed by atoms with van der Waals surface area (Å²) in [6.07, 6.45) is 7.94. The van der Waals surface area contributed by atoms with Crippen molar-refractivity contribution < 1.29 is 5.11 Å². The minimum atomic E-state index is -0.00463. The molecule has 3 atom stereocenters. The molecule has 0 radical (unpaired) electrons. The van der Waals surface area contributed by atoms with Gasteiger partial charge in [0, 0.05) is 5.92 Å². The van der Waals surface area contributed by atoms with E-state index in [4.69, 9.17) is 0 Å². The summed E-state index contributed by atoms with van der Waals surface area (Å²) in [5.74, 6) is 1.10. The van der Waals surface area contributed by atoms with Crippen LogP contribution in [0.3, 0.4) is 0 Å². The van der Waals surface area contributed by atoms with Crippen molar-refractivity contribution in [2.45, 2.75) is 25.4 Å². The van der Waals surface area contributed by atoms with Gasteiger partial charge in [-0.2, -0.15) is 0 Å². The minimum absolute atomic E-state index is 0.00463. The summed E-state index contributed by atoms with van der Waals surface area (Å²) in [5, 5.41) is 9.46. The zero-order chi connectivity index (χ0) is 6.27. The van der Waals surface area contributed by atoms with Crippen LogP contribution in [0.1, 0.15) is 19.3 Å². The first-order chi connectivity index (χ1) is 4.38. The van der Waals surface area contributed by atoms with Gasteiger partial charge in [0.25, 0.3) is 0 Å². The Morgan fingerprint density at radius 2 is 2.22 bits per heavy atom. The van der Waals surface area contributed by atoms with Crippen molar-refractivity contribution in [2.24, 2.45) is 11.8 Å². The Morgan fingerprint density at radius 1 is 1.33 bits per heavy atom. The monoisotopic (exact) mass is 124 g/mol. The van der Waals surface area contributed by atoms with E-state index in [1.54, 1.807) is 0 Å². The number of rotatable bonds is 0. The molecule has 0 aromatic rings. The highest BCUT2D eigenvalue weighted by atomic mass is 16.3. The van der Waals surface area contributed by atoms with Crippen molar-refractivity contribution in [1.29, 1.82) is 0 Å². The van der Waals surface area contributed by atoms with E-state index in [0.717, 1.165) is 6.42 Å². The van der Waals surface area contributed by atoms with Gasteiger partial charge in [0.2, 0.25) is 0 Å². The first-order valence-electron chi connectivity index (χ1n) is 3.72. The lowest BCUT2D eigenvalue weighted by Crippen LogP contribution is -2.21. The molecule has 0 amide bonds. The van der Waals surface area contributed by atoms with Crippen LogP contribution in [0.2, 0.25) is 0 Å². The fourth-order valence-electron chi connectivity index (χ4n) is 1.99. The second kappa shape index (κ2) is 1.84. The Morgan fingerprint density at radius 3 is 2.89 bits per heavy atom. The van der Waals surface area contributed by atoms with E-state index < -0.39 is 0 Å². The molecule has 1 saturated carbocycles. The maximum Gasteiger partial charge on any atom is 0.0633 e. The second-order valence-corrected chi connectivity index (χ2v) is 3.16. The van der Waals surface area contributed by atoms with Gasteiger partial charge in [-0.1, -0.05) is 12.2 Å². The second-order valence-electron chi connectivity index (χ2n) is 3.16. The SMILES string of the molecule is OC1C2C=CCC1CC2. The smallest absolute Gasteiger partial charge is 0.0633 e. The van der Waals surface area contributed by atoms with Crippen molar-refractivity contribution >= 4 is 0 Å². The van der Waals surface area contributed by atoms with Crippen LogP contribution in [0.15, 0.2) is 12.2 Å². The quantitative estimate of drug-likeness (QED) is 0.483. The van der Waals surface area contributed by atoms with Gasteiger partial charge in [0.05, 0.1) is 6.10 Å². The van der Waals surface area contributed by atoms with Crippen molar-refractivity contribution in [2.75, 3.05) is 0 Å². The van der Waals surface area contributed by atoms with Crippen LogP contribution in [0.4, 0.5) is 0 Å². The maximum absolute atomic E-state index is 9.46. The standard InChI is InChI=1S/C8H12O/c9-8-6-2-1-3-7(8)5-4-6/h1-2,6-9H,3-5H2. The molecule has 50 valence electrons. The largest absolute Gasteiger partial charge is 0.392 e. The highest BCUT2D eigenvalue weighted by molar-refractivity contribution is 5.05. The number of aliphatic hydroxyl groups is 1. The van der Waals surface area contributed by atoms with Crippen molar-refractivity contribution in [3.63, 3.8) is 0 Å². The maximum atomic E-state index is 9.46. The third kappa shape index (κ3) is 0.715. The van der Waals surface area contributed by atoms with Gasteiger partial charge in [-0.25, -0.2) is 0 Å². The molecule has 1 fully saturated rings. The van der Waals surface area contributed by atoms with Gasteiger partial charge in [-0.15, -0.1) is 0 Å². The third-order valence-electron chi connectivity index (χ3n) is 2.61. The molecule has 2 bridgehead atoms. The van der Waals surface area contributed by atoms with E-state index in [2.05, 4.69) is 12.2 Å². The fourth-order valence-corrected chi connectivity index (χ4v) is 1.99. The minimum Gasteiger partial charge on any atom is -0.392 e. The summed E-state index contributed by atoms with van der Waals surface area (Å²) in [5.41, 5.74) is 0. The Kier molecular flexibility index (Phi) is 1.12. The molecule has 0 heterocycles. The molecule has 2 rings (SSSR count). The van der Waals surface area contributed by atoms with Crippen molar-refractivity contribution in [1.82, 2.24) is 0 Å². The van der Waals surface area contributed by atoms with Crippen LogP contribution in [0.25, 0.3) is 0 Å². The molecule has 2 aliphatic rings. The van der Waals surface area contributed by atoms with Crippen LogP contribution in [-0.4, -0.2) is 11.2 Å². The Labute approximate surface area is 55.4 Å². The zero-order valence-electron chi connectivity index (χ0n) is 5.46. The first kappa shape index (κ1) is 5.48. The number of hydrogen-bond acceptors (Lipinski definition) is 1. The Bertz CT molecular complexity index is 140. The van der Waals surface area contributed by atoms with Crippen LogP contribution in [-0.2, 0) is 0 Å². The fraction of sp³-hybridized carbons (Fsp3) is 0.750. The summed E-state index contributed by atoms with van der Waals surface area (Å²) in [7, 11) is 0. The Balaban J connectivity index is 2.22. The summed E-state index contributed by atoms with van der Waals surface area (Å²) in [4.78, 5) is 0. The van der Waals surface area contributed by atoms with E-state index in [1.165, 1.54) is 12.8 Å². The average Bonchev–Trinajstić information content (AvgIpc) is 2.19. The first-order valence-corrected chi connectivity index (χ1v) is 3.72. The average molecular weight is 124 g/mol. The summed E-state index contributed by atoms with van der Waals surface area (Å²) < 4.78 is 0. The predicted molar refractivity (Wildman–Crippen MR) is 36.0 cm³/mol. The van der Waals surface area contributed by atoms with Gasteiger partial charge in [0.1, 0.15) is 0 Å². The van der Waals surface area contributed by atoms with Crippen LogP contribution in [0.5, 0.6) is 0 Å². The summed E-state index contributed by atoms with van der Waals surface area (Å²) in [6.45, 7) is 0. The van der Waals surface area contributed by atoms with Crippen molar-refractivity contribution in [3.8, 4) is 0 Å². The van der Waals surface area contributed by atoms with E-state index >= 15 is 0 Å². The van der Waals surface area contributed by atoms with Crippen molar-refractivity contribution in [3.05, 3.63) is 12.2 Å². The number of aliphatic hydroxyl groups excluding tert-OH is 1. The highest BCUT2D eigenvalue weighted by Gasteiger charge is 2.34.